The van der Waals surface area contributed by atoms with Gasteiger partial charge in [0.15, 0.2) is 0 Å². The van der Waals surface area contributed by atoms with Gasteiger partial charge in [0.2, 0.25) is 5.91 Å². The zero-order chi connectivity index (χ0) is 12.9. The van der Waals surface area contributed by atoms with E-state index in [4.69, 9.17) is 10.5 Å². The summed E-state index contributed by atoms with van der Waals surface area (Å²) in [6.45, 7) is 9.19. The van der Waals surface area contributed by atoms with Crippen molar-refractivity contribution < 1.29 is 14.3 Å². The second kappa shape index (κ2) is 5.84. The summed E-state index contributed by atoms with van der Waals surface area (Å²) in [7, 11) is 0. The van der Waals surface area contributed by atoms with Crippen molar-refractivity contribution in [3.8, 4) is 0 Å². The van der Waals surface area contributed by atoms with Crippen LogP contribution in [0.15, 0.2) is 0 Å². The molecule has 0 saturated carbocycles. The van der Waals surface area contributed by atoms with E-state index in [1.807, 2.05) is 20.8 Å². The van der Waals surface area contributed by atoms with E-state index < -0.39 is 18.1 Å². The number of hydrogen-bond donors (Lipinski definition) is 2. The van der Waals surface area contributed by atoms with Crippen LogP contribution in [0.5, 0.6) is 0 Å². The maximum absolute atomic E-state index is 11.7. The topological polar surface area (TPSA) is 81.4 Å². The smallest absolute Gasteiger partial charge is 0.328 e. The first kappa shape index (κ1) is 14.9. The van der Waals surface area contributed by atoms with Crippen LogP contribution in [-0.4, -0.2) is 30.6 Å². The lowest BCUT2D eigenvalue weighted by Gasteiger charge is -2.26. The van der Waals surface area contributed by atoms with E-state index in [-0.39, 0.29) is 11.3 Å². The summed E-state index contributed by atoms with van der Waals surface area (Å²) in [5, 5.41) is 2.53. The average Bonchev–Trinajstić information content (AvgIpc) is 2.15. The van der Waals surface area contributed by atoms with Crippen molar-refractivity contribution in [2.45, 2.75) is 46.7 Å². The molecule has 0 aromatic carbocycles. The lowest BCUT2D eigenvalue weighted by Crippen LogP contribution is -2.52. The SMILES string of the molecule is CCOC(=O)C(C)NC(=O)[C@H](N)C(C)(C)C. The molecular formula is C11H22N2O3. The van der Waals surface area contributed by atoms with Gasteiger partial charge in [0.25, 0.3) is 0 Å². The monoisotopic (exact) mass is 230 g/mol. The van der Waals surface area contributed by atoms with Gasteiger partial charge in [0.05, 0.1) is 12.6 Å². The van der Waals surface area contributed by atoms with Gasteiger partial charge in [-0.15, -0.1) is 0 Å². The molecule has 0 saturated heterocycles. The summed E-state index contributed by atoms with van der Waals surface area (Å²) < 4.78 is 4.78. The Morgan fingerprint density at radius 3 is 2.25 bits per heavy atom. The minimum atomic E-state index is -0.666. The number of carbonyl (C=O) groups is 2. The van der Waals surface area contributed by atoms with E-state index in [1.165, 1.54) is 0 Å². The zero-order valence-corrected chi connectivity index (χ0v) is 10.7. The van der Waals surface area contributed by atoms with Gasteiger partial charge in [-0.25, -0.2) is 4.79 Å². The molecule has 0 aliphatic rings. The Balaban J connectivity index is 4.30. The summed E-state index contributed by atoms with van der Waals surface area (Å²) in [5.74, 6) is -0.787. The third-order valence-electron chi connectivity index (χ3n) is 2.21. The molecule has 0 bridgehead atoms. The number of carbonyl (C=O) groups excluding carboxylic acids is 2. The minimum absolute atomic E-state index is 0.296. The van der Waals surface area contributed by atoms with Crippen LogP contribution in [0.2, 0.25) is 0 Å². The van der Waals surface area contributed by atoms with E-state index in [0.717, 1.165) is 0 Å². The molecular weight excluding hydrogens is 208 g/mol. The molecule has 3 N–H and O–H groups in total. The molecule has 1 unspecified atom stereocenters. The molecule has 5 heteroatoms. The van der Waals surface area contributed by atoms with Crippen molar-refractivity contribution in [2.75, 3.05) is 6.61 Å². The largest absolute Gasteiger partial charge is 0.464 e. The molecule has 2 atom stereocenters. The van der Waals surface area contributed by atoms with Gasteiger partial charge in [-0.3, -0.25) is 4.79 Å². The Hall–Kier alpha value is -1.10. The molecule has 0 radical (unpaired) electrons. The van der Waals surface area contributed by atoms with Crippen LogP contribution in [0.4, 0.5) is 0 Å². The number of hydrogen-bond acceptors (Lipinski definition) is 4. The van der Waals surface area contributed by atoms with Crippen molar-refractivity contribution in [3.63, 3.8) is 0 Å². The fraction of sp³-hybridized carbons (Fsp3) is 0.818. The van der Waals surface area contributed by atoms with Crippen LogP contribution in [0.25, 0.3) is 0 Å². The number of amides is 1. The molecule has 0 rings (SSSR count). The predicted molar refractivity (Wildman–Crippen MR) is 61.7 cm³/mol. The third kappa shape index (κ3) is 4.61. The second-order valence-corrected chi connectivity index (χ2v) is 4.83. The highest BCUT2D eigenvalue weighted by Crippen LogP contribution is 2.17. The normalized spacial score (nSPS) is 15.1. The summed E-state index contributed by atoms with van der Waals surface area (Å²) in [6, 6.07) is -1.31. The van der Waals surface area contributed by atoms with Gasteiger partial charge in [0.1, 0.15) is 6.04 Å². The molecule has 0 aromatic heterocycles. The van der Waals surface area contributed by atoms with Crippen molar-refractivity contribution in [1.29, 1.82) is 0 Å². The minimum Gasteiger partial charge on any atom is -0.464 e. The van der Waals surface area contributed by atoms with Crippen LogP contribution in [0.3, 0.4) is 0 Å². The first-order chi connectivity index (χ1) is 7.20. The highest BCUT2D eigenvalue weighted by Gasteiger charge is 2.29. The van der Waals surface area contributed by atoms with Gasteiger partial charge < -0.3 is 15.8 Å². The summed E-state index contributed by atoms with van der Waals surface area (Å²) in [5.41, 5.74) is 5.42. The van der Waals surface area contributed by atoms with Crippen molar-refractivity contribution in [3.05, 3.63) is 0 Å². The molecule has 5 nitrogen and oxygen atoms in total. The van der Waals surface area contributed by atoms with E-state index in [1.54, 1.807) is 13.8 Å². The molecule has 0 heterocycles. The lowest BCUT2D eigenvalue weighted by molar-refractivity contribution is -0.147. The standard InChI is InChI=1S/C11H22N2O3/c1-6-16-10(15)7(2)13-9(14)8(12)11(3,4)5/h7-8H,6,12H2,1-5H3,(H,13,14)/t7?,8-/m0/s1. The maximum Gasteiger partial charge on any atom is 0.328 e. The number of esters is 1. The van der Waals surface area contributed by atoms with E-state index >= 15 is 0 Å². The number of rotatable bonds is 4. The Morgan fingerprint density at radius 2 is 1.88 bits per heavy atom. The van der Waals surface area contributed by atoms with Crippen LogP contribution in [0, 0.1) is 5.41 Å². The quantitative estimate of drug-likeness (QED) is 0.686. The van der Waals surface area contributed by atoms with Gasteiger partial charge in [0, 0.05) is 0 Å². The van der Waals surface area contributed by atoms with Crippen molar-refractivity contribution in [2.24, 2.45) is 11.1 Å². The number of nitrogens with two attached hydrogens (primary N) is 1. The van der Waals surface area contributed by atoms with Crippen molar-refractivity contribution >= 4 is 11.9 Å². The molecule has 0 aliphatic heterocycles. The van der Waals surface area contributed by atoms with E-state index in [2.05, 4.69) is 5.32 Å². The molecule has 0 aliphatic carbocycles. The van der Waals surface area contributed by atoms with Gasteiger partial charge in [-0.05, 0) is 19.3 Å². The van der Waals surface area contributed by atoms with E-state index in [9.17, 15) is 9.59 Å². The summed E-state index contributed by atoms with van der Waals surface area (Å²) in [4.78, 5) is 22.9. The molecule has 0 spiro atoms. The number of nitrogens with one attached hydrogen (secondary N) is 1. The highest BCUT2D eigenvalue weighted by molar-refractivity contribution is 5.87. The third-order valence-corrected chi connectivity index (χ3v) is 2.21. The fourth-order valence-corrected chi connectivity index (χ4v) is 1.02. The predicted octanol–water partition coefficient (Wildman–Crippen LogP) is 0.428. The van der Waals surface area contributed by atoms with Crippen molar-refractivity contribution in [1.82, 2.24) is 5.32 Å². The first-order valence-electron chi connectivity index (χ1n) is 5.42. The highest BCUT2D eigenvalue weighted by atomic mass is 16.5. The average molecular weight is 230 g/mol. The molecule has 0 fully saturated rings. The van der Waals surface area contributed by atoms with Gasteiger partial charge in [-0.1, -0.05) is 20.8 Å². The van der Waals surface area contributed by atoms with Crippen LogP contribution in [0.1, 0.15) is 34.6 Å². The second-order valence-electron chi connectivity index (χ2n) is 4.83. The van der Waals surface area contributed by atoms with Crippen LogP contribution >= 0.6 is 0 Å². The van der Waals surface area contributed by atoms with E-state index in [0.29, 0.717) is 6.61 Å². The first-order valence-corrected chi connectivity index (χ1v) is 5.42. The molecule has 0 aromatic rings. The summed E-state index contributed by atoms with van der Waals surface area (Å²) >= 11 is 0. The zero-order valence-electron chi connectivity index (χ0n) is 10.7. The summed E-state index contributed by atoms with van der Waals surface area (Å²) in [6.07, 6.45) is 0. The Kier molecular flexibility index (Phi) is 5.44. The molecule has 16 heavy (non-hydrogen) atoms. The number of ether oxygens (including phenoxy) is 1. The molecule has 94 valence electrons. The van der Waals surface area contributed by atoms with Gasteiger partial charge in [-0.2, -0.15) is 0 Å². The Bertz CT molecular complexity index is 258. The fourth-order valence-electron chi connectivity index (χ4n) is 1.02. The lowest BCUT2D eigenvalue weighted by atomic mass is 9.87. The Labute approximate surface area is 96.7 Å². The Morgan fingerprint density at radius 1 is 1.38 bits per heavy atom. The molecule has 1 amide bonds. The van der Waals surface area contributed by atoms with Gasteiger partial charge >= 0.3 is 5.97 Å². The van der Waals surface area contributed by atoms with Crippen LogP contribution < -0.4 is 11.1 Å². The maximum atomic E-state index is 11.7. The van der Waals surface area contributed by atoms with Crippen LogP contribution in [-0.2, 0) is 14.3 Å².